The van der Waals surface area contributed by atoms with Crippen LogP contribution in [0.5, 0.6) is 0 Å². The van der Waals surface area contributed by atoms with E-state index in [1.807, 2.05) is 47.9 Å². The summed E-state index contributed by atoms with van der Waals surface area (Å²) in [6, 6.07) is 21.1. The number of alkyl halides is 3. The number of hydrogen-bond acceptors (Lipinski definition) is 2. The molecule has 0 bridgehead atoms. The predicted molar refractivity (Wildman–Crippen MR) is 137 cm³/mol. The van der Waals surface area contributed by atoms with Crippen molar-refractivity contribution in [2.75, 3.05) is 26.2 Å². The Bertz CT molecular complexity index is 1200. The van der Waals surface area contributed by atoms with Crippen molar-refractivity contribution in [1.82, 2.24) is 9.80 Å². The molecule has 37 heavy (non-hydrogen) atoms. The molecular formula is C30H32F4N2O. The average Bonchev–Trinajstić information content (AvgIpc) is 3.25. The number of hydrogen-bond donors (Lipinski definition) is 0. The molecule has 3 aromatic rings. The molecule has 3 aromatic carbocycles. The molecule has 1 aliphatic heterocycles. The van der Waals surface area contributed by atoms with Gasteiger partial charge in [0.15, 0.2) is 0 Å². The Morgan fingerprint density at radius 3 is 2.35 bits per heavy atom. The largest absolute Gasteiger partial charge is 0.416 e. The number of likely N-dealkylation sites (tertiary alicyclic amines) is 1. The predicted octanol–water partition coefficient (Wildman–Crippen LogP) is 6.86. The molecule has 3 nitrogen and oxygen atoms in total. The summed E-state index contributed by atoms with van der Waals surface area (Å²) in [5.41, 5.74) is 0.974. The van der Waals surface area contributed by atoms with Gasteiger partial charge in [0.1, 0.15) is 5.82 Å². The molecule has 196 valence electrons. The van der Waals surface area contributed by atoms with Gasteiger partial charge in [0.2, 0.25) is 0 Å². The van der Waals surface area contributed by atoms with Gasteiger partial charge in [0, 0.05) is 44.2 Å². The summed E-state index contributed by atoms with van der Waals surface area (Å²) in [5.74, 6) is -0.376. The average molecular weight is 513 g/mol. The second-order valence-corrected chi connectivity index (χ2v) is 10.2. The number of halogens is 4. The molecular weight excluding hydrogens is 480 g/mol. The third kappa shape index (κ3) is 6.77. The van der Waals surface area contributed by atoms with Crippen LogP contribution in [0.3, 0.4) is 0 Å². The first-order valence-corrected chi connectivity index (χ1v) is 12.6. The smallest absolute Gasteiger partial charge is 0.338 e. The van der Waals surface area contributed by atoms with Gasteiger partial charge in [0.05, 0.1) is 5.56 Å². The van der Waals surface area contributed by atoms with E-state index >= 15 is 0 Å². The topological polar surface area (TPSA) is 23.6 Å². The monoisotopic (exact) mass is 512 g/mol. The minimum Gasteiger partial charge on any atom is -0.338 e. The summed E-state index contributed by atoms with van der Waals surface area (Å²) in [5, 5.41) is 0. The Morgan fingerprint density at radius 2 is 1.68 bits per heavy atom. The lowest BCUT2D eigenvalue weighted by Crippen LogP contribution is -2.39. The molecule has 0 radical (unpaired) electrons. The molecule has 1 amide bonds. The number of nitrogens with zero attached hydrogens (tertiary/aromatic N) is 2. The van der Waals surface area contributed by atoms with Crippen molar-refractivity contribution < 1.29 is 22.4 Å². The molecule has 4 rings (SSSR count). The van der Waals surface area contributed by atoms with Crippen LogP contribution in [0.2, 0.25) is 0 Å². The van der Waals surface area contributed by atoms with Crippen LogP contribution in [0.4, 0.5) is 17.6 Å². The second-order valence-electron chi connectivity index (χ2n) is 10.2. The van der Waals surface area contributed by atoms with E-state index in [1.165, 1.54) is 24.3 Å². The second kappa shape index (κ2) is 11.5. The van der Waals surface area contributed by atoms with Crippen LogP contribution in [0.25, 0.3) is 0 Å². The van der Waals surface area contributed by atoms with Gasteiger partial charge in [-0.15, -0.1) is 0 Å². The maximum absolute atomic E-state index is 14.2. The van der Waals surface area contributed by atoms with Gasteiger partial charge in [0.25, 0.3) is 5.91 Å². The van der Waals surface area contributed by atoms with E-state index in [0.29, 0.717) is 31.7 Å². The van der Waals surface area contributed by atoms with E-state index in [1.54, 1.807) is 24.3 Å². The summed E-state index contributed by atoms with van der Waals surface area (Å²) < 4.78 is 55.0. The quantitative estimate of drug-likeness (QED) is 0.308. The zero-order chi connectivity index (χ0) is 26.6. The molecule has 1 heterocycles. The van der Waals surface area contributed by atoms with Gasteiger partial charge in [-0.05, 0) is 53.3 Å². The molecule has 0 spiro atoms. The third-order valence-electron chi connectivity index (χ3n) is 6.86. The molecule has 0 aromatic heterocycles. The molecule has 0 N–H and O–H groups in total. The van der Waals surface area contributed by atoms with Gasteiger partial charge < -0.3 is 4.90 Å². The summed E-state index contributed by atoms with van der Waals surface area (Å²) in [6.45, 7) is 6.20. The highest BCUT2D eigenvalue weighted by Crippen LogP contribution is 2.37. The van der Waals surface area contributed by atoms with E-state index in [-0.39, 0.29) is 41.6 Å². The fraction of sp³-hybridized carbons (Fsp3) is 0.367. The fourth-order valence-electron chi connectivity index (χ4n) is 5.29. The lowest BCUT2D eigenvalue weighted by atomic mass is 9.88. The van der Waals surface area contributed by atoms with E-state index in [0.717, 1.165) is 11.6 Å². The molecule has 7 heteroatoms. The third-order valence-corrected chi connectivity index (χ3v) is 6.86. The van der Waals surface area contributed by atoms with Crippen LogP contribution in [-0.4, -0.2) is 41.9 Å². The standard InChI is InChI=1S/C30H32F4N2O/c1-21(2)16-36(29(37)22-9-4-3-5-10-22)19-25-18-35(20-27(25)23-12-8-13-26(31)15-23)17-24-11-6-7-14-28(24)30(32,33)34/h3-15,21,25,27H,16-20H2,1-2H3. The number of carbonyl (C=O) groups excluding carboxylic acids is 1. The molecule has 1 aliphatic rings. The van der Waals surface area contributed by atoms with Crippen molar-refractivity contribution in [3.63, 3.8) is 0 Å². The first-order chi connectivity index (χ1) is 17.6. The summed E-state index contributed by atoms with van der Waals surface area (Å²) in [7, 11) is 0. The van der Waals surface area contributed by atoms with Crippen LogP contribution >= 0.6 is 0 Å². The first kappa shape index (κ1) is 26.9. The normalized spacial score (nSPS) is 18.4. The molecule has 2 unspecified atom stereocenters. The van der Waals surface area contributed by atoms with Crippen molar-refractivity contribution in [2.24, 2.45) is 11.8 Å². The van der Waals surface area contributed by atoms with Crippen LogP contribution in [-0.2, 0) is 12.7 Å². The highest BCUT2D eigenvalue weighted by molar-refractivity contribution is 5.94. The van der Waals surface area contributed by atoms with Crippen LogP contribution in [0, 0.1) is 17.7 Å². The highest BCUT2D eigenvalue weighted by atomic mass is 19.4. The van der Waals surface area contributed by atoms with Gasteiger partial charge in [-0.2, -0.15) is 13.2 Å². The maximum Gasteiger partial charge on any atom is 0.416 e. The van der Waals surface area contributed by atoms with Crippen LogP contribution in [0.15, 0.2) is 78.9 Å². The Labute approximate surface area is 215 Å². The van der Waals surface area contributed by atoms with Crippen molar-refractivity contribution in [1.29, 1.82) is 0 Å². The maximum atomic E-state index is 14.2. The van der Waals surface area contributed by atoms with Crippen LogP contribution in [0.1, 0.15) is 46.8 Å². The minimum absolute atomic E-state index is 0.0636. The van der Waals surface area contributed by atoms with Crippen molar-refractivity contribution >= 4 is 5.91 Å². The zero-order valence-corrected chi connectivity index (χ0v) is 21.1. The van der Waals surface area contributed by atoms with Crippen molar-refractivity contribution in [3.05, 3.63) is 107 Å². The van der Waals surface area contributed by atoms with Gasteiger partial charge in [-0.1, -0.05) is 62.4 Å². The summed E-state index contributed by atoms with van der Waals surface area (Å²) in [4.78, 5) is 17.2. The lowest BCUT2D eigenvalue weighted by Gasteiger charge is -2.30. The lowest BCUT2D eigenvalue weighted by molar-refractivity contribution is -0.138. The number of rotatable bonds is 8. The Kier molecular flexibility index (Phi) is 8.32. The fourth-order valence-corrected chi connectivity index (χ4v) is 5.29. The molecule has 1 saturated heterocycles. The van der Waals surface area contributed by atoms with Crippen molar-refractivity contribution in [3.8, 4) is 0 Å². The molecule has 1 fully saturated rings. The highest BCUT2D eigenvalue weighted by Gasteiger charge is 2.38. The minimum atomic E-state index is -4.44. The first-order valence-electron chi connectivity index (χ1n) is 12.6. The Hall–Kier alpha value is -3.19. The summed E-state index contributed by atoms with van der Waals surface area (Å²) in [6.07, 6.45) is -4.44. The van der Waals surface area contributed by atoms with E-state index < -0.39 is 11.7 Å². The van der Waals surface area contributed by atoms with Crippen LogP contribution < -0.4 is 0 Å². The number of amides is 1. The SMILES string of the molecule is CC(C)CN(CC1CN(Cc2ccccc2C(F)(F)F)CC1c1cccc(F)c1)C(=O)c1ccccc1. The van der Waals surface area contributed by atoms with E-state index in [4.69, 9.17) is 0 Å². The van der Waals surface area contributed by atoms with E-state index in [9.17, 15) is 22.4 Å². The molecule has 0 aliphatic carbocycles. The zero-order valence-electron chi connectivity index (χ0n) is 21.1. The summed E-state index contributed by atoms with van der Waals surface area (Å²) >= 11 is 0. The van der Waals surface area contributed by atoms with Gasteiger partial charge >= 0.3 is 6.18 Å². The van der Waals surface area contributed by atoms with Gasteiger partial charge in [-0.25, -0.2) is 4.39 Å². The molecule has 0 saturated carbocycles. The van der Waals surface area contributed by atoms with E-state index in [2.05, 4.69) is 0 Å². The van der Waals surface area contributed by atoms with Crippen molar-refractivity contribution in [2.45, 2.75) is 32.5 Å². The number of benzene rings is 3. The number of carbonyl (C=O) groups is 1. The van der Waals surface area contributed by atoms with Gasteiger partial charge in [-0.3, -0.25) is 9.69 Å². The Balaban J connectivity index is 1.62. The molecule has 2 atom stereocenters. The Morgan fingerprint density at radius 1 is 0.973 bits per heavy atom.